The van der Waals surface area contributed by atoms with E-state index in [1.54, 1.807) is 7.11 Å². The molecule has 0 N–H and O–H groups in total. The van der Waals surface area contributed by atoms with Crippen LogP contribution in [-0.4, -0.2) is 45.8 Å². The number of hydrogen-bond donors (Lipinski definition) is 0. The number of nitrogens with zero attached hydrogens (tertiary/aromatic N) is 4. The Labute approximate surface area is 152 Å². The Balaban J connectivity index is 1.65. The number of carbonyl (C=O) groups is 1. The molecule has 2 heterocycles. The molecule has 1 aromatic heterocycles. The molecule has 0 bridgehead atoms. The second kappa shape index (κ2) is 8.45. The minimum atomic E-state index is 0.266. The van der Waals surface area contributed by atoms with E-state index < -0.39 is 0 Å². The monoisotopic (exact) mass is 362 g/mol. The van der Waals surface area contributed by atoms with Crippen LogP contribution >= 0.6 is 11.6 Å². The van der Waals surface area contributed by atoms with Crippen molar-refractivity contribution in [2.45, 2.75) is 38.8 Å². The van der Waals surface area contributed by atoms with Crippen LogP contribution in [0.4, 0.5) is 0 Å². The first-order chi connectivity index (χ1) is 12.2. The minimum absolute atomic E-state index is 0.266. The molecule has 7 heteroatoms. The van der Waals surface area contributed by atoms with Gasteiger partial charge in [-0.15, -0.1) is 0 Å². The van der Waals surface area contributed by atoms with Crippen LogP contribution in [0.2, 0.25) is 5.02 Å². The molecule has 1 amide bonds. The summed E-state index contributed by atoms with van der Waals surface area (Å²) in [6.07, 6.45) is 3.33. The number of rotatable bonds is 8. The normalized spacial score (nSPS) is 14.5. The molecule has 25 heavy (non-hydrogen) atoms. The first-order valence-corrected chi connectivity index (χ1v) is 8.97. The lowest BCUT2D eigenvalue weighted by Crippen LogP contribution is -2.26. The van der Waals surface area contributed by atoms with Crippen molar-refractivity contribution in [2.24, 2.45) is 0 Å². The Bertz CT molecular complexity index is 714. The summed E-state index contributed by atoms with van der Waals surface area (Å²) in [5.41, 5.74) is 1.12. The first-order valence-electron chi connectivity index (χ1n) is 8.59. The van der Waals surface area contributed by atoms with Gasteiger partial charge in [0.25, 0.3) is 0 Å². The number of carbonyl (C=O) groups excluding carboxylic acids is 1. The number of halogens is 1. The van der Waals surface area contributed by atoms with Gasteiger partial charge in [-0.1, -0.05) is 23.7 Å². The highest BCUT2D eigenvalue weighted by Gasteiger charge is 2.19. The molecule has 0 saturated carbocycles. The fraction of sp³-hybridized carbons (Fsp3) is 0.500. The summed E-state index contributed by atoms with van der Waals surface area (Å²) in [5.74, 6) is 1.88. The summed E-state index contributed by atoms with van der Waals surface area (Å²) in [6.45, 7) is 2.70. The van der Waals surface area contributed by atoms with Gasteiger partial charge in [0.1, 0.15) is 12.4 Å². The molecule has 0 radical (unpaired) electrons. The number of ether oxygens (including phenoxy) is 1. The van der Waals surface area contributed by atoms with E-state index in [2.05, 4.69) is 10.1 Å². The second-order valence-electron chi connectivity index (χ2n) is 6.25. The maximum atomic E-state index is 11.7. The van der Waals surface area contributed by atoms with Crippen molar-refractivity contribution in [2.75, 3.05) is 20.2 Å². The Morgan fingerprint density at radius 2 is 2.08 bits per heavy atom. The number of methoxy groups -OCH3 is 1. The largest absolute Gasteiger partial charge is 0.377 e. The summed E-state index contributed by atoms with van der Waals surface area (Å²) in [5, 5.41) is 5.27. The molecule has 1 aromatic carbocycles. The summed E-state index contributed by atoms with van der Waals surface area (Å²) in [4.78, 5) is 18.2. The zero-order chi connectivity index (χ0) is 17.6. The van der Waals surface area contributed by atoms with Crippen molar-refractivity contribution in [1.82, 2.24) is 19.7 Å². The molecular weight excluding hydrogens is 340 g/mol. The molecule has 1 saturated heterocycles. The Kier molecular flexibility index (Phi) is 6.04. The van der Waals surface area contributed by atoms with Crippen molar-refractivity contribution in [3.63, 3.8) is 0 Å². The fourth-order valence-electron chi connectivity index (χ4n) is 3.06. The van der Waals surface area contributed by atoms with Crippen LogP contribution in [0.5, 0.6) is 0 Å². The number of aryl methyl sites for hydroxylation is 1. The average molecular weight is 363 g/mol. The van der Waals surface area contributed by atoms with Crippen molar-refractivity contribution in [3.8, 4) is 0 Å². The van der Waals surface area contributed by atoms with Gasteiger partial charge in [-0.3, -0.25) is 4.79 Å². The van der Waals surface area contributed by atoms with Crippen LogP contribution in [-0.2, 0) is 29.1 Å². The quantitative estimate of drug-likeness (QED) is 0.724. The fourth-order valence-corrected chi connectivity index (χ4v) is 3.19. The zero-order valence-electron chi connectivity index (χ0n) is 14.4. The second-order valence-corrected chi connectivity index (χ2v) is 6.69. The van der Waals surface area contributed by atoms with Gasteiger partial charge in [-0.05, 0) is 30.5 Å². The third kappa shape index (κ3) is 4.80. The van der Waals surface area contributed by atoms with E-state index >= 15 is 0 Å². The number of benzene rings is 1. The SMILES string of the molecule is COCc1nc(CCCN2CCCC2=O)n(Cc2ccc(Cl)cc2)n1. The number of likely N-dealkylation sites (tertiary alicyclic amines) is 1. The molecule has 2 aromatic rings. The van der Waals surface area contributed by atoms with Gasteiger partial charge in [0, 0.05) is 38.1 Å². The number of amides is 1. The van der Waals surface area contributed by atoms with E-state index in [-0.39, 0.29) is 5.91 Å². The molecule has 6 nitrogen and oxygen atoms in total. The minimum Gasteiger partial charge on any atom is -0.377 e. The topological polar surface area (TPSA) is 60.2 Å². The van der Waals surface area contributed by atoms with E-state index in [0.717, 1.165) is 48.8 Å². The standard InChI is InChI=1S/C18H23ClN4O2/c1-25-13-16-20-17(4-2-10-22-11-3-5-18(22)24)23(21-16)12-14-6-8-15(19)9-7-14/h6-9H,2-5,10-13H2,1H3. The molecule has 3 rings (SSSR count). The summed E-state index contributed by atoms with van der Waals surface area (Å²) < 4.78 is 7.07. The predicted octanol–water partition coefficient (Wildman–Crippen LogP) is 2.68. The highest BCUT2D eigenvalue weighted by molar-refractivity contribution is 6.30. The Morgan fingerprint density at radius 1 is 1.28 bits per heavy atom. The van der Waals surface area contributed by atoms with E-state index in [9.17, 15) is 4.79 Å². The molecule has 134 valence electrons. The van der Waals surface area contributed by atoms with Gasteiger partial charge in [-0.25, -0.2) is 9.67 Å². The smallest absolute Gasteiger partial charge is 0.222 e. The van der Waals surface area contributed by atoms with E-state index in [4.69, 9.17) is 16.3 Å². The van der Waals surface area contributed by atoms with Crippen molar-refractivity contribution >= 4 is 17.5 Å². The first kappa shape index (κ1) is 17.9. The van der Waals surface area contributed by atoms with Gasteiger partial charge >= 0.3 is 0 Å². The number of hydrogen-bond acceptors (Lipinski definition) is 4. The molecule has 1 aliphatic heterocycles. The third-order valence-corrected chi connectivity index (χ3v) is 4.56. The third-order valence-electron chi connectivity index (χ3n) is 4.31. The molecule has 0 unspecified atom stereocenters. The molecule has 0 aliphatic carbocycles. The van der Waals surface area contributed by atoms with Gasteiger partial charge < -0.3 is 9.64 Å². The molecule has 0 spiro atoms. The lowest BCUT2D eigenvalue weighted by molar-refractivity contribution is -0.127. The van der Waals surface area contributed by atoms with E-state index in [1.165, 1.54) is 0 Å². The van der Waals surface area contributed by atoms with Gasteiger partial charge in [-0.2, -0.15) is 5.10 Å². The number of aromatic nitrogens is 3. The maximum Gasteiger partial charge on any atom is 0.222 e. The molecule has 0 atom stereocenters. The average Bonchev–Trinajstić information content (AvgIpc) is 3.17. The zero-order valence-corrected chi connectivity index (χ0v) is 15.2. The molecule has 1 fully saturated rings. The van der Waals surface area contributed by atoms with Crippen LogP contribution in [0.15, 0.2) is 24.3 Å². The van der Waals surface area contributed by atoms with Crippen LogP contribution in [0, 0.1) is 0 Å². The summed E-state index contributed by atoms with van der Waals surface area (Å²) in [6, 6.07) is 7.74. The van der Waals surface area contributed by atoms with E-state index in [0.29, 0.717) is 25.4 Å². The maximum absolute atomic E-state index is 11.7. The predicted molar refractivity (Wildman–Crippen MR) is 95.4 cm³/mol. The van der Waals surface area contributed by atoms with Crippen LogP contribution in [0.3, 0.4) is 0 Å². The lowest BCUT2D eigenvalue weighted by Gasteiger charge is -2.15. The molecule has 1 aliphatic rings. The van der Waals surface area contributed by atoms with Gasteiger partial charge in [0.05, 0.1) is 6.54 Å². The summed E-state index contributed by atoms with van der Waals surface area (Å²) in [7, 11) is 1.64. The van der Waals surface area contributed by atoms with Crippen LogP contribution < -0.4 is 0 Å². The van der Waals surface area contributed by atoms with Gasteiger partial charge in [0.2, 0.25) is 5.91 Å². The van der Waals surface area contributed by atoms with Crippen molar-refractivity contribution in [3.05, 3.63) is 46.5 Å². The van der Waals surface area contributed by atoms with Crippen molar-refractivity contribution < 1.29 is 9.53 Å². The van der Waals surface area contributed by atoms with E-state index in [1.807, 2.05) is 33.8 Å². The molecular formula is C18H23ClN4O2. The van der Waals surface area contributed by atoms with Gasteiger partial charge in [0.15, 0.2) is 5.82 Å². The van der Waals surface area contributed by atoms with Crippen LogP contribution in [0.1, 0.15) is 36.5 Å². The highest BCUT2D eigenvalue weighted by Crippen LogP contribution is 2.14. The van der Waals surface area contributed by atoms with Crippen LogP contribution in [0.25, 0.3) is 0 Å². The lowest BCUT2D eigenvalue weighted by atomic mass is 10.2. The summed E-state index contributed by atoms with van der Waals surface area (Å²) >= 11 is 5.95. The Hall–Kier alpha value is -1.92. The Morgan fingerprint density at radius 3 is 2.76 bits per heavy atom. The van der Waals surface area contributed by atoms with Crippen molar-refractivity contribution in [1.29, 1.82) is 0 Å². The highest BCUT2D eigenvalue weighted by atomic mass is 35.5.